The van der Waals surface area contributed by atoms with Gasteiger partial charge in [-0.15, -0.1) is 0 Å². The van der Waals surface area contributed by atoms with Crippen LogP contribution in [0.25, 0.3) is 10.9 Å². The first-order valence-electron chi connectivity index (χ1n) is 7.35. The number of thioether (sulfide) groups is 1. The van der Waals surface area contributed by atoms with Gasteiger partial charge < -0.3 is 9.64 Å². The van der Waals surface area contributed by atoms with Gasteiger partial charge in [0.2, 0.25) is 5.88 Å². The van der Waals surface area contributed by atoms with E-state index < -0.39 is 0 Å². The molecule has 0 bridgehead atoms. The van der Waals surface area contributed by atoms with Crippen LogP contribution < -0.4 is 9.64 Å². The van der Waals surface area contributed by atoms with Gasteiger partial charge in [-0.25, -0.2) is 4.98 Å². The van der Waals surface area contributed by atoms with E-state index in [0.717, 1.165) is 29.9 Å². The van der Waals surface area contributed by atoms with Gasteiger partial charge in [0, 0.05) is 36.6 Å². The van der Waals surface area contributed by atoms with Crippen LogP contribution in [-0.2, 0) is 0 Å². The molecule has 2 aromatic rings. The summed E-state index contributed by atoms with van der Waals surface area (Å²) in [6, 6.07) is 4.13. The van der Waals surface area contributed by atoms with Crippen molar-refractivity contribution >= 4 is 28.4 Å². The Labute approximate surface area is 129 Å². The van der Waals surface area contributed by atoms with Crippen molar-refractivity contribution in [2.24, 2.45) is 5.92 Å². The second-order valence-corrected chi connectivity index (χ2v) is 6.44. The molecule has 3 heterocycles. The zero-order valence-corrected chi connectivity index (χ0v) is 13.4. The summed E-state index contributed by atoms with van der Waals surface area (Å²) in [4.78, 5) is 11.1. The molecular formula is C16H21N3OS. The molecule has 0 aromatic carbocycles. The third kappa shape index (κ3) is 2.93. The van der Waals surface area contributed by atoms with Gasteiger partial charge >= 0.3 is 0 Å². The minimum atomic E-state index is 0.603. The Morgan fingerprint density at radius 3 is 2.86 bits per heavy atom. The molecule has 1 saturated heterocycles. The Hall–Kier alpha value is -1.49. The van der Waals surface area contributed by atoms with Crippen molar-refractivity contribution in [1.82, 2.24) is 9.97 Å². The Bertz CT molecular complexity index is 613. The van der Waals surface area contributed by atoms with Gasteiger partial charge in [0.05, 0.1) is 7.11 Å². The first-order valence-corrected chi connectivity index (χ1v) is 8.74. The van der Waals surface area contributed by atoms with Gasteiger partial charge in [0.25, 0.3) is 0 Å². The molecule has 5 heteroatoms. The van der Waals surface area contributed by atoms with Crippen molar-refractivity contribution in [3.05, 3.63) is 24.5 Å². The molecule has 1 aliphatic heterocycles. The van der Waals surface area contributed by atoms with Crippen LogP contribution in [0, 0.1) is 5.92 Å². The zero-order chi connectivity index (χ0) is 14.7. The average Bonchev–Trinajstić information content (AvgIpc) is 2.48. The molecule has 112 valence electrons. The number of methoxy groups -OCH3 is 1. The monoisotopic (exact) mass is 303 g/mol. The van der Waals surface area contributed by atoms with E-state index in [1.807, 2.05) is 24.0 Å². The maximum absolute atomic E-state index is 5.31. The number of hydrogen-bond acceptors (Lipinski definition) is 5. The van der Waals surface area contributed by atoms with Crippen molar-refractivity contribution in [2.45, 2.75) is 12.8 Å². The van der Waals surface area contributed by atoms with E-state index in [9.17, 15) is 0 Å². The van der Waals surface area contributed by atoms with Gasteiger partial charge in [0.1, 0.15) is 5.52 Å². The summed E-state index contributed by atoms with van der Waals surface area (Å²) in [5.41, 5.74) is 2.10. The summed E-state index contributed by atoms with van der Waals surface area (Å²) < 4.78 is 5.31. The van der Waals surface area contributed by atoms with Crippen LogP contribution in [0.15, 0.2) is 24.5 Å². The van der Waals surface area contributed by atoms with E-state index >= 15 is 0 Å². The summed E-state index contributed by atoms with van der Waals surface area (Å²) in [6.45, 7) is 2.30. The maximum atomic E-state index is 5.31. The van der Waals surface area contributed by atoms with E-state index in [0.29, 0.717) is 5.88 Å². The highest BCUT2D eigenvalue weighted by Crippen LogP contribution is 2.34. The molecular weight excluding hydrogens is 282 g/mol. The molecule has 0 amide bonds. The normalized spacial score (nSPS) is 15.2. The molecule has 3 rings (SSSR count). The van der Waals surface area contributed by atoms with Crippen LogP contribution >= 0.6 is 11.8 Å². The summed E-state index contributed by atoms with van der Waals surface area (Å²) in [5, 5.41) is 1.13. The number of pyridine rings is 2. The number of hydrogen-bond donors (Lipinski definition) is 0. The van der Waals surface area contributed by atoms with Crippen molar-refractivity contribution in [3.63, 3.8) is 0 Å². The fourth-order valence-electron chi connectivity index (χ4n) is 2.93. The lowest BCUT2D eigenvalue weighted by Gasteiger charge is -2.41. The van der Waals surface area contributed by atoms with Crippen molar-refractivity contribution in [1.29, 1.82) is 0 Å². The highest BCUT2D eigenvalue weighted by atomic mass is 32.2. The molecule has 0 saturated carbocycles. The first-order chi connectivity index (χ1) is 10.3. The van der Waals surface area contributed by atoms with Gasteiger partial charge in [0.15, 0.2) is 0 Å². The smallest absolute Gasteiger partial charge is 0.240 e. The summed E-state index contributed by atoms with van der Waals surface area (Å²) in [5.74, 6) is 2.72. The summed E-state index contributed by atoms with van der Waals surface area (Å²) in [6.07, 6.45) is 8.49. The molecule has 0 N–H and O–H groups in total. The quantitative estimate of drug-likeness (QED) is 0.766. The minimum Gasteiger partial charge on any atom is -0.479 e. The molecule has 1 aliphatic rings. The highest BCUT2D eigenvalue weighted by molar-refractivity contribution is 7.98. The second-order valence-electron chi connectivity index (χ2n) is 5.45. The largest absolute Gasteiger partial charge is 0.479 e. The Morgan fingerprint density at radius 1 is 1.29 bits per heavy atom. The standard InChI is InChI=1S/C16H21N3OS/c1-20-16-15-13(5-7-18-16)14(6-8-17-15)19-10-12(11-19)4-3-9-21-2/h5-8,12H,3-4,9-11H2,1-2H3. The maximum Gasteiger partial charge on any atom is 0.240 e. The van der Waals surface area contributed by atoms with Crippen LogP contribution in [0.4, 0.5) is 5.69 Å². The third-order valence-electron chi connectivity index (χ3n) is 4.05. The number of fused-ring (bicyclic) bond motifs is 1. The van der Waals surface area contributed by atoms with E-state index in [4.69, 9.17) is 4.74 Å². The fourth-order valence-corrected chi connectivity index (χ4v) is 3.38. The third-order valence-corrected chi connectivity index (χ3v) is 4.75. The Kier molecular flexibility index (Phi) is 4.48. The molecule has 0 unspecified atom stereocenters. The molecule has 0 radical (unpaired) electrons. The SMILES string of the molecule is COc1nccc2c(N3CC(CCCSC)C3)ccnc12. The molecule has 2 aromatic heterocycles. The van der Waals surface area contributed by atoms with E-state index in [1.54, 1.807) is 13.3 Å². The van der Waals surface area contributed by atoms with Gasteiger partial charge in [-0.2, -0.15) is 11.8 Å². The van der Waals surface area contributed by atoms with Gasteiger partial charge in [-0.3, -0.25) is 4.98 Å². The average molecular weight is 303 g/mol. The predicted octanol–water partition coefficient (Wildman–Crippen LogP) is 3.22. The fraction of sp³-hybridized carbons (Fsp3) is 0.500. The van der Waals surface area contributed by atoms with Gasteiger partial charge in [-0.05, 0) is 42.9 Å². The van der Waals surface area contributed by atoms with E-state index in [-0.39, 0.29) is 0 Å². The number of nitrogens with zero attached hydrogens (tertiary/aromatic N) is 3. The number of anilines is 1. The van der Waals surface area contributed by atoms with Crippen LogP contribution in [0.2, 0.25) is 0 Å². The minimum absolute atomic E-state index is 0.603. The molecule has 1 fully saturated rings. The van der Waals surface area contributed by atoms with Crippen molar-refractivity contribution in [3.8, 4) is 5.88 Å². The summed E-state index contributed by atoms with van der Waals surface area (Å²) >= 11 is 1.94. The van der Waals surface area contributed by atoms with Crippen LogP contribution in [0.3, 0.4) is 0 Å². The molecule has 4 nitrogen and oxygen atoms in total. The lowest BCUT2D eigenvalue weighted by Crippen LogP contribution is -2.46. The number of ether oxygens (including phenoxy) is 1. The predicted molar refractivity (Wildman–Crippen MR) is 89.4 cm³/mol. The van der Waals surface area contributed by atoms with Crippen molar-refractivity contribution in [2.75, 3.05) is 37.1 Å². The van der Waals surface area contributed by atoms with Crippen LogP contribution in [0.5, 0.6) is 5.88 Å². The Morgan fingerprint density at radius 2 is 2.10 bits per heavy atom. The highest BCUT2D eigenvalue weighted by Gasteiger charge is 2.27. The molecule has 0 aliphatic carbocycles. The molecule has 0 atom stereocenters. The van der Waals surface area contributed by atoms with Crippen LogP contribution in [0.1, 0.15) is 12.8 Å². The van der Waals surface area contributed by atoms with Crippen molar-refractivity contribution < 1.29 is 4.74 Å². The van der Waals surface area contributed by atoms with Gasteiger partial charge in [-0.1, -0.05) is 0 Å². The molecule has 0 spiro atoms. The summed E-state index contributed by atoms with van der Waals surface area (Å²) in [7, 11) is 1.64. The lowest BCUT2D eigenvalue weighted by atomic mass is 9.94. The number of rotatable bonds is 6. The van der Waals surface area contributed by atoms with E-state index in [2.05, 4.69) is 27.2 Å². The zero-order valence-electron chi connectivity index (χ0n) is 12.6. The second kappa shape index (κ2) is 6.52. The lowest BCUT2D eigenvalue weighted by molar-refractivity contribution is 0.382. The Balaban J connectivity index is 1.74. The molecule has 21 heavy (non-hydrogen) atoms. The topological polar surface area (TPSA) is 38.2 Å². The van der Waals surface area contributed by atoms with Crippen LogP contribution in [-0.4, -0.2) is 42.2 Å². The number of aromatic nitrogens is 2. The van der Waals surface area contributed by atoms with E-state index in [1.165, 1.54) is 24.3 Å². The first kappa shape index (κ1) is 14.4.